The minimum absolute atomic E-state index is 0.0525. The molecule has 0 aliphatic heterocycles. The summed E-state index contributed by atoms with van der Waals surface area (Å²) in [6.07, 6.45) is 2.64. The number of hydrogen-bond donors (Lipinski definition) is 3. The Kier molecular flexibility index (Phi) is 3.83. The summed E-state index contributed by atoms with van der Waals surface area (Å²) in [5.41, 5.74) is 5.74. The molecular formula is C14H17FN2O2. The molecule has 0 unspecified atom stereocenters. The van der Waals surface area contributed by atoms with Crippen molar-refractivity contribution in [3.63, 3.8) is 0 Å². The topological polar surface area (TPSA) is 87.2 Å². The summed E-state index contributed by atoms with van der Waals surface area (Å²) in [5.74, 6) is -1.01. The quantitative estimate of drug-likeness (QED) is 0.731. The fourth-order valence-corrected chi connectivity index (χ4v) is 2.61. The highest BCUT2D eigenvalue weighted by molar-refractivity contribution is 6.02. The SMILES string of the molecule is N=C(c1cc(F)ccc1O)C1CCC(C(N)=O)CC1. The molecule has 2 rings (SSSR count). The van der Waals surface area contributed by atoms with Gasteiger partial charge in [-0.05, 0) is 43.9 Å². The van der Waals surface area contributed by atoms with Gasteiger partial charge in [0.05, 0.1) is 0 Å². The number of carbonyl (C=O) groups is 1. The third-order valence-electron chi connectivity index (χ3n) is 3.79. The second-order valence-electron chi connectivity index (χ2n) is 5.03. The lowest BCUT2D eigenvalue weighted by molar-refractivity contribution is -0.122. The second kappa shape index (κ2) is 5.38. The van der Waals surface area contributed by atoms with E-state index in [0.29, 0.717) is 25.7 Å². The molecule has 0 heterocycles. The van der Waals surface area contributed by atoms with Crippen LogP contribution in [0.15, 0.2) is 18.2 Å². The monoisotopic (exact) mass is 264 g/mol. The number of primary amides is 1. The maximum absolute atomic E-state index is 13.2. The van der Waals surface area contributed by atoms with E-state index in [0.717, 1.165) is 6.07 Å². The Balaban J connectivity index is 2.09. The average molecular weight is 264 g/mol. The third-order valence-corrected chi connectivity index (χ3v) is 3.79. The first kappa shape index (κ1) is 13.5. The number of halogens is 1. The molecule has 1 aliphatic carbocycles. The molecule has 102 valence electrons. The van der Waals surface area contributed by atoms with Crippen molar-refractivity contribution in [3.05, 3.63) is 29.6 Å². The zero-order chi connectivity index (χ0) is 14.0. The van der Waals surface area contributed by atoms with Gasteiger partial charge < -0.3 is 16.2 Å². The standard InChI is InChI=1S/C14H17FN2O2/c15-10-5-6-12(18)11(7-10)13(16)8-1-3-9(4-2-8)14(17)19/h5-9,16,18H,1-4H2,(H2,17,19). The van der Waals surface area contributed by atoms with Crippen LogP contribution < -0.4 is 5.73 Å². The van der Waals surface area contributed by atoms with Crippen molar-refractivity contribution in [1.29, 1.82) is 5.41 Å². The predicted octanol–water partition coefficient (Wildman–Crippen LogP) is 2.19. The van der Waals surface area contributed by atoms with Gasteiger partial charge in [0.25, 0.3) is 0 Å². The van der Waals surface area contributed by atoms with Crippen LogP contribution in [0.4, 0.5) is 4.39 Å². The van der Waals surface area contributed by atoms with Gasteiger partial charge in [-0.2, -0.15) is 0 Å². The number of nitrogens with two attached hydrogens (primary N) is 1. The van der Waals surface area contributed by atoms with Crippen LogP contribution in [-0.4, -0.2) is 16.7 Å². The zero-order valence-electron chi connectivity index (χ0n) is 10.5. The zero-order valence-corrected chi connectivity index (χ0v) is 10.5. The lowest BCUT2D eigenvalue weighted by atomic mass is 9.78. The van der Waals surface area contributed by atoms with E-state index >= 15 is 0 Å². The van der Waals surface area contributed by atoms with Gasteiger partial charge in [-0.15, -0.1) is 0 Å². The van der Waals surface area contributed by atoms with Crippen LogP contribution in [0.3, 0.4) is 0 Å². The number of rotatable bonds is 3. The minimum Gasteiger partial charge on any atom is -0.507 e. The molecule has 0 bridgehead atoms. The van der Waals surface area contributed by atoms with Crippen molar-refractivity contribution in [3.8, 4) is 5.75 Å². The highest BCUT2D eigenvalue weighted by atomic mass is 19.1. The van der Waals surface area contributed by atoms with Crippen LogP contribution in [0.5, 0.6) is 5.75 Å². The average Bonchev–Trinajstić information content (AvgIpc) is 2.41. The van der Waals surface area contributed by atoms with E-state index in [1.54, 1.807) is 0 Å². The molecule has 5 heteroatoms. The fraction of sp³-hybridized carbons (Fsp3) is 0.429. The van der Waals surface area contributed by atoms with Gasteiger partial charge >= 0.3 is 0 Å². The van der Waals surface area contributed by atoms with E-state index in [2.05, 4.69) is 0 Å². The smallest absolute Gasteiger partial charge is 0.220 e. The fourth-order valence-electron chi connectivity index (χ4n) is 2.61. The summed E-state index contributed by atoms with van der Waals surface area (Å²) in [6.45, 7) is 0. The van der Waals surface area contributed by atoms with Crippen molar-refractivity contribution in [2.45, 2.75) is 25.7 Å². The first-order valence-electron chi connectivity index (χ1n) is 6.35. The van der Waals surface area contributed by atoms with Crippen molar-refractivity contribution in [2.75, 3.05) is 0 Å². The Labute approximate surface area is 110 Å². The van der Waals surface area contributed by atoms with Crippen molar-refractivity contribution in [1.82, 2.24) is 0 Å². The highest BCUT2D eigenvalue weighted by Crippen LogP contribution is 2.32. The summed E-state index contributed by atoms with van der Waals surface area (Å²) >= 11 is 0. The lowest BCUT2D eigenvalue weighted by Gasteiger charge is -2.27. The maximum atomic E-state index is 13.2. The Hall–Kier alpha value is -1.91. The Morgan fingerprint density at radius 1 is 1.26 bits per heavy atom. The van der Waals surface area contributed by atoms with Crippen LogP contribution in [0.1, 0.15) is 31.2 Å². The number of carbonyl (C=O) groups excluding carboxylic acids is 1. The summed E-state index contributed by atoms with van der Waals surface area (Å²) in [5, 5.41) is 17.8. The first-order valence-corrected chi connectivity index (χ1v) is 6.35. The third kappa shape index (κ3) is 2.92. The van der Waals surface area contributed by atoms with E-state index in [4.69, 9.17) is 11.1 Å². The van der Waals surface area contributed by atoms with E-state index < -0.39 is 5.82 Å². The molecule has 19 heavy (non-hydrogen) atoms. The van der Waals surface area contributed by atoms with Crippen molar-refractivity contribution in [2.24, 2.45) is 17.6 Å². The van der Waals surface area contributed by atoms with Crippen LogP contribution >= 0.6 is 0 Å². The summed E-state index contributed by atoms with van der Waals surface area (Å²) in [7, 11) is 0. The van der Waals surface area contributed by atoms with E-state index in [-0.39, 0.29) is 34.8 Å². The molecule has 0 radical (unpaired) electrons. The first-order chi connectivity index (χ1) is 8.99. The number of nitrogens with one attached hydrogen (secondary N) is 1. The molecule has 1 saturated carbocycles. The molecule has 1 aliphatic rings. The van der Waals surface area contributed by atoms with Gasteiger partial charge in [0.1, 0.15) is 11.6 Å². The number of amides is 1. The molecule has 1 aromatic rings. The number of hydrogen-bond acceptors (Lipinski definition) is 3. The molecule has 1 fully saturated rings. The molecule has 4 nitrogen and oxygen atoms in total. The van der Waals surface area contributed by atoms with E-state index in [9.17, 15) is 14.3 Å². The van der Waals surface area contributed by atoms with Gasteiger partial charge in [-0.3, -0.25) is 4.79 Å². The minimum atomic E-state index is -0.469. The van der Waals surface area contributed by atoms with Gasteiger partial charge in [0.2, 0.25) is 5.91 Å². The molecule has 1 amide bonds. The largest absolute Gasteiger partial charge is 0.507 e. The summed E-state index contributed by atoms with van der Waals surface area (Å²) < 4.78 is 13.2. The Morgan fingerprint density at radius 3 is 2.42 bits per heavy atom. The molecule has 0 spiro atoms. The van der Waals surface area contributed by atoms with Crippen LogP contribution in [-0.2, 0) is 4.79 Å². The second-order valence-corrected chi connectivity index (χ2v) is 5.03. The molecular weight excluding hydrogens is 247 g/mol. The van der Waals surface area contributed by atoms with E-state index in [1.807, 2.05) is 0 Å². The molecule has 0 saturated heterocycles. The Bertz CT molecular complexity index is 508. The van der Waals surface area contributed by atoms with Crippen molar-refractivity contribution < 1.29 is 14.3 Å². The predicted molar refractivity (Wildman–Crippen MR) is 69.5 cm³/mol. The number of benzene rings is 1. The van der Waals surface area contributed by atoms with Crippen LogP contribution in [0.2, 0.25) is 0 Å². The van der Waals surface area contributed by atoms with Gasteiger partial charge in [-0.25, -0.2) is 4.39 Å². The number of phenols is 1. The van der Waals surface area contributed by atoms with E-state index in [1.165, 1.54) is 12.1 Å². The number of phenolic OH excluding ortho intramolecular Hbond substituents is 1. The normalized spacial score (nSPS) is 23.0. The Morgan fingerprint density at radius 2 is 1.84 bits per heavy atom. The highest BCUT2D eigenvalue weighted by Gasteiger charge is 2.28. The van der Waals surface area contributed by atoms with Gasteiger partial charge in [-0.1, -0.05) is 0 Å². The lowest BCUT2D eigenvalue weighted by Crippen LogP contribution is -2.30. The van der Waals surface area contributed by atoms with Crippen LogP contribution in [0.25, 0.3) is 0 Å². The molecule has 4 N–H and O–H groups in total. The molecule has 0 atom stereocenters. The molecule has 0 aromatic heterocycles. The maximum Gasteiger partial charge on any atom is 0.220 e. The number of aromatic hydroxyl groups is 1. The van der Waals surface area contributed by atoms with Crippen LogP contribution in [0, 0.1) is 23.1 Å². The molecule has 1 aromatic carbocycles. The summed E-state index contributed by atoms with van der Waals surface area (Å²) in [4.78, 5) is 11.1. The summed E-state index contributed by atoms with van der Waals surface area (Å²) in [6, 6.07) is 3.60. The van der Waals surface area contributed by atoms with Gasteiger partial charge in [0.15, 0.2) is 0 Å². The van der Waals surface area contributed by atoms with Gasteiger partial charge in [0, 0.05) is 23.1 Å². The van der Waals surface area contributed by atoms with Crippen molar-refractivity contribution >= 4 is 11.6 Å².